The largest absolute Gasteiger partial charge is 0.393 e. The number of ether oxygens (including phenoxy) is 2. The Morgan fingerprint density at radius 1 is 0.690 bits per heavy atom. The molecule has 29 heavy (non-hydrogen) atoms. The molecule has 1 fully saturated rings. The van der Waals surface area contributed by atoms with Gasteiger partial charge in [-0.1, -0.05) is 90.4 Å². The van der Waals surface area contributed by atoms with Crippen LogP contribution < -0.4 is 0 Å². The molecule has 5 atom stereocenters. The lowest BCUT2D eigenvalue weighted by atomic mass is 10.0. The van der Waals surface area contributed by atoms with Crippen LogP contribution in [0, 0.1) is 0 Å². The highest BCUT2D eigenvalue weighted by molar-refractivity contribution is 4.80. The summed E-state index contributed by atoms with van der Waals surface area (Å²) in [4.78, 5) is 0. The third-order valence-electron chi connectivity index (χ3n) is 5.80. The molecule has 1 heterocycles. The predicted molar refractivity (Wildman–Crippen MR) is 114 cm³/mol. The third kappa shape index (κ3) is 12.9. The van der Waals surface area contributed by atoms with Gasteiger partial charge in [0, 0.05) is 6.61 Å². The van der Waals surface area contributed by atoms with Crippen LogP contribution in [0.5, 0.6) is 0 Å². The number of hydrogen-bond donors (Lipinski definition) is 4. The van der Waals surface area contributed by atoms with E-state index in [1.807, 2.05) is 0 Å². The maximum atomic E-state index is 10.0. The second-order valence-corrected chi connectivity index (χ2v) is 8.57. The van der Waals surface area contributed by atoms with E-state index in [1.165, 1.54) is 77.0 Å². The van der Waals surface area contributed by atoms with Gasteiger partial charge in [-0.05, 0) is 19.3 Å². The van der Waals surface area contributed by atoms with Gasteiger partial charge in [0.2, 0.25) is 0 Å². The molecule has 0 aromatic heterocycles. The molecule has 1 aliphatic heterocycles. The summed E-state index contributed by atoms with van der Waals surface area (Å²) in [6.07, 6.45) is 14.0. The first-order chi connectivity index (χ1) is 14.1. The molecule has 0 amide bonds. The summed E-state index contributed by atoms with van der Waals surface area (Å²) in [6.45, 7) is 2.58. The summed E-state index contributed by atoms with van der Waals surface area (Å²) in [5.74, 6) is 0. The molecule has 4 N–H and O–H groups in total. The average molecular weight is 419 g/mol. The van der Waals surface area contributed by atoms with E-state index in [0.29, 0.717) is 19.4 Å². The Labute approximate surface area is 177 Å². The quantitative estimate of drug-likeness (QED) is 0.236. The molecular weight excluding hydrogens is 372 g/mol. The maximum absolute atomic E-state index is 10.0. The Morgan fingerprint density at radius 3 is 1.66 bits per heavy atom. The normalized spacial score (nSPS) is 25.6. The minimum absolute atomic E-state index is 0.316. The summed E-state index contributed by atoms with van der Waals surface area (Å²) < 4.78 is 10.2. The predicted octanol–water partition coefficient (Wildman–Crippen LogP) is 4.02. The number of aliphatic hydroxyl groups is 4. The number of unbranched alkanes of at least 4 members (excludes halogenated alkanes) is 12. The van der Waals surface area contributed by atoms with Crippen molar-refractivity contribution in [3.63, 3.8) is 0 Å². The highest BCUT2D eigenvalue weighted by Crippen LogP contribution is 2.21. The lowest BCUT2D eigenvalue weighted by Gasteiger charge is -2.16. The van der Waals surface area contributed by atoms with Gasteiger partial charge in [0.1, 0.15) is 12.2 Å². The van der Waals surface area contributed by atoms with E-state index in [0.717, 1.165) is 12.8 Å². The first kappa shape index (κ1) is 26.8. The van der Waals surface area contributed by atoms with Crippen LogP contribution in [0.4, 0.5) is 0 Å². The molecule has 0 bridgehead atoms. The fourth-order valence-electron chi connectivity index (χ4n) is 3.83. The van der Waals surface area contributed by atoms with E-state index >= 15 is 0 Å². The first-order valence-corrected chi connectivity index (χ1v) is 12.1. The van der Waals surface area contributed by atoms with E-state index in [1.54, 1.807) is 0 Å². The second-order valence-electron chi connectivity index (χ2n) is 8.57. The lowest BCUT2D eigenvalue weighted by Crippen LogP contribution is -2.33. The zero-order chi connectivity index (χ0) is 21.3. The summed E-state index contributed by atoms with van der Waals surface area (Å²) in [5, 5.41) is 38.3. The highest BCUT2D eigenvalue weighted by Gasteiger charge is 2.42. The Balaban J connectivity index is 1.81. The monoisotopic (exact) mass is 418 g/mol. The molecule has 0 aliphatic carbocycles. The van der Waals surface area contributed by atoms with Gasteiger partial charge in [0.25, 0.3) is 0 Å². The van der Waals surface area contributed by atoms with Crippen LogP contribution in [0.15, 0.2) is 0 Å². The average Bonchev–Trinajstić information content (AvgIpc) is 2.95. The first-order valence-electron chi connectivity index (χ1n) is 12.1. The van der Waals surface area contributed by atoms with Gasteiger partial charge in [0.15, 0.2) is 12.6 Å². The molecule has 6 nitrogen and oxygen atoms in total. The van der Waals surface area contributed by atoms with Gasteiger partial charge in [-0.15, -0.1) is 0 Å². The number of hydrogen-bond acceptors (Lipinski definition) is 6. The fourth-order valence-corrected chi connectivity index (χ4v) is 3.83. The molecule has 0 aromatic rings. The van der Waals surface area contributed by atoms with Crippen LogP contribution in [0.1, 0.15) is 110 Å². The molecule has 174 valence electrons. The summed E-state index contributed by atoms with van der Waals surface area (Å²) in [6, 6.07) is 0. The van der Waals surface area contributed by atoms with E-state index in [4.69, 9.17) is 9.47 Å². The van der Waals surface area contributed by atoms with Gasteiger partial charge in [-0.3, -0.25) is 0 Å². The molecule has 5 unspecified atom stereocenters. The standard InChI is InChI=1S/C23H46O6/c1-2-3-4-5-6-7-8-9-10-11-12-13-14-16-19(24)17-15-18-28-23-21(26)20(25)22(27)29-23/h19-27H,2-18H2,1H3. The minimum atomic E-state index is -1.41. The van der Waals surface area contributed by atoms with E-state index < -0.39 is 24.8 Å². The topological polar surface area (TPSA) is 99.4 Å². The molecule has 1 rings (SSSR count). The van der Waals surface area contributed by atoms with Gasteiger partial charge in [-0.2, -0.15) is 0 Å². The molecule has 1 saturated heterocycles. The highest BCUT2D eigenvalue weighted by atomic mass is 16.8. The van der Waals surface area contributed by atoms with Crippen molar-refractivity contribution < 1.29 is 29.9 Å². The van der Waals surface area contributed by atoms with Crippen molar-refractivity contribution >= 4 is 0 Å². The van der Waals surface area contributed by atoms with E-state index in [-0.39, 0.29) is 6.10 Å². The van der Waals surface area contributed by atoms with Crippen molar-refractivity contribution in [2.24, 2.45) is 0 Å². The molecule has 0 spiro atoms. The van der Waals surface area contributed by atoms with Crippen molar-refractivity contribution in [2.45, 2.75) is 141 Å². The van der Waals surface area contributed by atoms with Gasteiger partial charge in [0.05, 0.1) is 6.10 Å². The zero-order valence-corrected chi connectivity index (χ0v) is 18.5. The zero-order valence-electron chi connectivity index (χ0n) is 18.5. The van der Waals surface area contributed by atoms with Crippen LogP contribution in [-0.4, -0.2) is 57.9 Å². The van der Waals surface area contributed by atoms with Crippen LogP contribution >= 0.6 is 0 Å². The third-order valence-corrected chi connectivity index (χ3v) is 5.80. The van der Waals surface area contributed by atoms with Gasteiger partial charge in [-0.25, -0.2) is 0 Å². The van der Waals surface area contributed by atoms with E-state index in [9.17, 15) is 20.4 Å². The van der Waals surface area contributed by atoms with Crippen molar-refractivity contribution in [3.8, 4) is 0 Å². The van der Waals surface area contributed by atoms with E-state index in [2.05, 4.69) is 6.92 Å². The molecule has 0 aromatic carbocycles. The molecule has 0 radical (unpaired) electrons. The van der Waals surface area contributed by atoms with Crippen molar-refractivity contribution in [1.29, 1.82) is 0 Å². The van der Waals surface area contributed by atoms with Gasteiger partial charge >= 0.3 is 0 Å². The van der Waals surface area contributed by atoms with Crippen LogP contribution in [0.25, 0.3) is 0 Å². The van der Waals surface area contributed by atoms with Crippen LogP contribution in [-0.2, 0) is 9.47 Å². The molecule has 0 saturated carbocycles. The Hall–Kier alpha value is -0.240. The Morgan fingerprint density at radius 2 is 1.17 bits per heavy atom. The number of rotatable bonds is 19. The van der Waals surface area contributed by atoms with Crippen molar-refractivity contribution in [3.05, 3.63) is 0 Å². The smallest absolute Gasteiger partial charge is 0.189 e. The van der Waals surface area contributed by atoms with Crippen LogP contribution in [0.2, 0.25) is 0 Å². The Kier molecular flexibility index (Phi) is 16.1. The fraction of sp³-hybridized carbons (Fsp3) is 1.00. The summed E-state index contributed by atoms with van der Waals surface area (Å²) in [7, 11) is 0. The minimum Gasteiger partial charge on any atom is -0.393 e. The van der Waals surface area contributed by atoms with Crippen LogP contribution in [0.3, 0.4) is 0 Å². The summed E-state index contributed by atoms with van der Waals surface area (Å²) >= 11 is 0. The number of aliphatic hydroxyl groups excluding tert-OH is 4. The molecular formula is C23H46O6. The van der Waals surface area contributed by atoms with Crippen molar-refractivity contribution in [1.82, 2.24) is 0 Å². The second kappa shape index (κ2) is 17.4. The molecule has 6 heteroatoms. The molecule has 1 aliphatic rings. The van der Waals surface area contributed by atoms with Crippen molar-refractivity contribution in [2.75, 3.05) is 6.61 Å². The SMILES string of the molecule is CCCCCCCCCCCCCCCC(O)CCCOC1OC(O)C(O)C1O. The maximum Gasteiger partial charge on any atom is 0.189 e. The lowest BCUT2D eigenvalue weighted by molar-refractivity contribution is -0.205. The Bertz CT molecular complexity index is 367. The van der Waals surface area contributed by atoms with Gasteiger partial charge < -0.3 is 29.9 Å². The summed E-state index contributed by atoms with van der Waals surface area (Å²) in [5.41, 5.74) is 0.